The molecule has 1 unspecified atom stereocenters. The summed E-state index contributed by atoms with van der Waals surface area (Å²) in [5.74, 6) is 0.804. The number of allylic oxidation sites excluding steroid dienone is 1. The highest BCUT2D eigenvalue weighted by Crippen LogP contribution is 2.40. The lowest BCUT2D eigenvalue weighted by atomic mass is 9.93. The molecule has 0 aliphatic carbocycles. The van der Waals surface area contributed by atoms with Crippen molar-refractivity contribution in [2.45, 2.75) is 19.4 Å². The molecule has 2 aliphatic rings. The molecule has 1 fully saturated rings. The minimum atomic E-state index is -0.368. The molecule has 0 radical (unpaired) electrons. The number of aliphatic imine (C=N–C) groups is 1. The molecule has 3 amide bonds. The van der Waals surface area contributed by atoms with E-state index in [1.54, 1.807) is 36.0 Å². The maximum absolute atomic E-state index is 13.6. The van der Waals surface area contributed by atoms with E-state index in [4.69, 9.17) is 16.6 Å². The smallest absolute Gasteiger partial charge is 0.323 e. The molecule has 188 valence electrons. The Labute approximate surface area is 225 Å². The number of halogens is 1. The normalized spacial score (nSPS) is 17.0. The van der Waals surface area contributed by atoms with Crippen molar-refractivity contribution in [1.82, 2.24) is 4.90 Å². The number of benzene rings is 3. The zero-order chi connectivity index (χ0) is 25.8. The number of nitrogens with zero attached hydrogens (tertiary/aromatic N) is 2. The van der Waals surface area contributed by atoms with Crippen molar-refractivity contribution in [3.05, 3.63) is 101 Å². The third kappa shape index (κ3) is 5.81. The molecular weight excluding hydrogens is 506 g/mol. The molecule has 1 atom stereocenters. The molecule has 2 heterocycles. The van der Waals surface area contributed by atoms with Gasteiger partial charge in [0.05, 0.1) is 17.3 Å². The zero-order valence-electron chi connectivity index (χ0n) is 20.2. The van der Waals surface area contributed by atoms with E-state index in [0.29, 0.717) is 27.7 Å². The van der Waals surface area contributed by atoms with E-state index in [0.717, 1.165) is 35.1 Å². The Hall–Kier alpha value is -3.75. The summed E-state index contributed by atoms with van der Waals surface area (Å²) in [7, 11) is 0. The Kier molecular flexibility index (Phi) is 7.48. The van der Waals surface area contributed by atoms with E-state index in [-0.39, 0.29) is 18.0 Å². The highest BCUT2D eigenvalue weighted by molar-refractivity contribution is 8.13. The number of carbonyl (C=O) groups is 2. The minimum absolute atomic E-state index is 0.189. The van der Waals surface area contributed by atoms with Crippen molar-refractivity contribution < 1.29 is 9.59 Å². The van der Waals surface area contributed by atoms with Gasteiger partial charge in [-0.2, -0.15) is 0 Å². The first-order valence-corrected chi connectivity index (χ1v) is 13.3. The number of hydrogen-bond acceptors (Lipinski definition) is 5. The van der Waals surface area contributed by atoms with Gasteiger partial charge in [0, 0.05) is 34.4 Å². The molecule has 1 saturated heterocycles. The van der Waals surface area contributed by atoms with Crippen LogP contribution < -0.4 is 16.0 Å². The van der Waals surface area contributed by atoms with Gasteiger partial charge in [-0.15, -0.1) is 0 Å². The molecule has 0 saturated carbocycles. The summed E-state index contributed by atoms with van der Waals surface area (Å²) in [6, 6.07) is 23.2. The summed E-state index contributed by atoms with van der Waals surface area (Å²) < 4.78 is 0. The second-order valence-corrected chi connectivity index (χ2v) is 10.2. The molecule has 9 heteroatoms. The van der Waals surface area contributed by atoms with E-state index in [2.05, 4.69) is 20.9 Å². The summed E-state index contributed by atoms with van der Waals surface area (Å²) >= 11 is 7.64. The van der Waals surface area contributed by atoms with E-state index in [1.807, 2.05) is 61.5 Å². The number of nitrogens with one attached hydrogen (secondary N) is 3. The number of hydrogen-bond donors (Lipinski definition) is 3. The van der Waals surface area contributed by atoms with Crippen molar-refractivity contribution in [3.63, 3.8) is 0 Å². The molecule has 0 bridgehead atoms. The first-order chi connectivity index (χ1) is 18.0. The van der Waals surface area contributed by atoms with Crippen LogP contribution in [0.5, 0.6) is 0 Å². The topological polar surface area (TPSA) is 85.8 Å². The first-order valence-electron chi connectivity index (χ1n) is 12.0. The fourth-order valence-corrected chi connectivity index (χ4v) is 5.58. The van der Waals surface area contributed by atoms with Gasteiger partial charge >= 0.3 is 6.03 Å². The summed E-state index contributed by atoms with van der Waals surface area (Å²) in [6.07, 6.45) is 0.994. The van der Waals surface area contributed by atoms with Gasteiger partial charge in [0.15, 0.2) is 5.17 Å². The fourth-order valence-electron chi connectivity index (χ4n) is 4.44. The highest BCUT2D eigenvalue weighted by Gasteiger charge is 2.37. The van der Waals surface area contributed by atoms with Crippen LogP contribution >= 0.6 is 23.4 Å². The van der Waals surface area contributed by atoms with Crippen LogP contribution in [0.15, 0.2) is 95.1 Å². The predicted molar refractivity (Wildman–Crippen MR) is 152 cm³/mol. The first kappa shape index (κ1) is 24.9. The van der Waals surface area contributed by atoms with Crippen molar-refractivity contribution >= 4 is 57.5 Å². The lowest BCUT2D eigenvalue weighted by Crippen LogP contribution is -2.43. The number of amides is 3. The zero-order valence-corrected chi connectivity index (χ0v) is 21.8. The number of amidine groups is 1. The third-order valence-electron chi connectivity index (χ3n) is 6.10. The van der Waals surface area contributed by atoms with Crippen LogP contribution in [-0.2, 0) is 4.79 Å². The van der Waals surface area contributed by atoms with Crippen LogP contribution in [0, 0.1) is 0 Å². The van der Waals surface area contributed by atoms with Crippen molar-refractivity contribution in [2.24, 2.45) is 4.99 Å². The molecular formula is C28H26ClN5O2S. The van der Waals surface area contributed by atoms with Crippen LogP contribution in [0.2, 0.25) is 5.02 Å². The number of carbonyl (C=O) groups excluding carboxylic acids is 2. The summed E-state index contributed by atoms with van der Waals surface area (Å²) in [4.78, 5) is 33.2. The quantitative estimate of drug-likeness (QED) is 0.340. The summed E-state index contributed by atoms with van der Waals surface area (Å²) in [6.45, 7) is 2.68. The van der Waals surface area contributed by atoms with Crippen LogP contribution in [0.25, 0.3) is 0 Å². The number of urea groups is 1. The SMILES string of the molecule is CC1=C(C(=O)Nc2ccccc2)C(c2cccc(NC(=O)Nc3ccc(Cl)cc3)c2)N2CCCSC2=N1. The predicted octanol–water partition coefficient (Wildman–Crippen LogP) is 6.75. The maximum atomic E-state index is 13.6. The summed E-state index contributed by atoms with van der Waals surface area (Å²) in [5.41, 5.74) is 4.17. The van der Waals surface area contributed by atoms with Crippen molar-refractivity contribution in [3.8, 4) is 0 Å². The molecule has 2 aliphatic heterocycles. The summed E-state index contributed by atoms with van der Waals surface area (Å²) in [5, 5.41) is 10.3. The van der Waals surface area contributed by atoms with Crippen LogP contribution in [0.1, 0.15) is 24.9 Å². The monoisotopic (exact) mass is 531 g/mol. The third-order valence-corrected chi connectivity index (χ3v) is 7.43. The molecule has 7 nitrogen and oxygen atoms in total. The van der Waals surface area contributed by atoms with Crippen LogP contribution in [-0.4, -0.2) is 34.3 Å². The number of para-hydroxylation sites is 1. The average molecular weight is 532 g/mol. The van der Waals surface area contributed by atoms with Gasteiger partial charge < -0.3 is 20.9 Å². The van der Waals surface area contributed by atoms with Gasteiger partial charge in [-0.1, -0.05) is 53.7 Å². The second kappa shape index (κ2) is 11.1. The lowest BCUT2D eigenvalue weighted by molar-refractivity contribution is -0.113. The van der Waals surface area contributed by atoms with E-state index in [9.17, 15) is 9.59 Å². The molecule has 37 heavy (non-hydrogen) atoms. The molecule has 3 aromatic rings. The number of anilines is 3. The average Bonchev–Trinajstić information content (AvgIpc) is 2.90. The Morgan fingerprint density at radius 2 is 1.62 bits per heavy atom. The van der Waals surface area contributed by atoms with Gasteiger partial charge in [-0.3, -0.25) is 4.79 Å². The standard InChI is InChI=1S/C28H26ClN5O2S/c1-18-24(26(35)31-21-8-3-2-4-9-21)25(34-15-6-16-37-28(34)30-18)19-7-5-10-23(17-19)33-27(36)32-22-13-11-20(29)12-14-22/h2-5,7-14,17,25H,6,15-16H2,1H3,(H,31,35)(H2,32,33,36). The van der Waals surface area contributed by atoms with Gasteiger partial charge in [-0.25, -0.2) is 9.79 Å². The van der Waals surface area contributed by atoms with Crippen molar-refractivity contribution in [2.75, 3.05) is 28.2 Å². The lowest BCUT2D eigenvalue weighted by Gasteiger charge is -2.41. The molecule has 0 aromatic heterocycles. The Morgan fingerprint density at radius 3 is 2.41 bits per heavy atom. The maximum Gasteiger partial charge on any atom is 0.323 e. The minimum Gasteiger partial charge on any atom is -0.340 e. The largest absolute Gasteiger partial charge is 0.340 e. The van der Waals surface area contributed by atoms with Crippen LogP contribution in [0.3, 0.4) is 0 Å². The highest BCUT2D eigenvalue weighted by atomic mass is 35.5. The Morgan fingerprint density at radius 1 is 0.919 bits per heavy atom. The Balaban J connectivity index is 1.43. The molecule has 3 N–H and O–H groups in total. The van der Waals surface area contributed by atoms with E-state index in [1.165, 1.54) is 0 Å². The van der Waals surface area contributed by atoms with Gasteiger partial charge in [0.1, 0.15) is 0 Å². The number of rotatable bonds is 5. The number of thioether (sulfide) groups is 1. The fraction of sp³-hybridized carbons (Fsp3) is 0.179. The molecule has 0 spiro atoms. The van der Waals surface area contributed by atoms with E-state index < -0.39 is 0 Å². The van der Waals surface area contributed by atoms with Gasteiger partial charge in [-0.05, 0) is 67.4 Å². The molecule has 3 aromatic carbocycles. The number of fused-ring (bicyclic) bond motifs is 1. The molecule has 5 rings (SSSR count). The van der Waals surface area contributed by atoms with Crippen molar-refractivity contribution in [1.29, 1.82) is 0 Å². The second-order valence-electron chi connectivity index (χ2n) is 8.72. The van der Waals surface area contributed by atoms with E-state index >= 15 is 0 Å². The van der Waals surface area contributed by atoms with Gasteiger partial charge in [0.2, 0.25) is 0 Å². The van der Waals surface area contributed by atoms with Gasteiger partial charge in [0.25, 0.3) is 5.91 Å². The van der Waals surface area contributed by atoms with Crippen LogP contribution in [0.4, 0.5) is 21.9 Å². The Bertz CT molecular complexity index is 1370.